The van der Waals surface area contributed by atoms with Gasteiger partial charge in [-0.15, -0.1) is 0 Å². The Hall–Kier alpha value is -2.37. The number of rotatable bonds is 3. The van der Waals surface area contributed by atoms with Crippen molar-refractivity contribution < 1.29 is 9.90 Å². The van der Waals surface area contributed by atoms with Gasteiger partial charge in [-0.2, -0.15) is 0 Å². The second-order valence-corrected chi connectivity index (χ2v) is 6.69. The number of fused-ring (bicyclic) bond motifs is 3. The molecule has 0 radical (unpaired) electrons. The Labute approximate surface area is 147 Å². The molecule has 2 amide bonds. The molecule has 1 aliphatic carbocycles. The quantitative estimate of drug-likeness (QED) is 0.772. The van der Waals surface area contributed by atoms with Crippen molar-refractivity contribution in [1.82, 2.24) is 9.80 Å². The van der Waals surface area contributed by atoms with Crippen LogP contribution in [0.2, 0.25) is 0 Å². The first-order chi connectivity index (χ1) is 12.2. The third-order valence-corrected chi connectivity index (χ3v) is 5.12. The molecule has 5 heteroatoms. The summed E-state index contributed by atoms with van der Waals surface area (Å²) < 4.78 is 0. The summed E-state index contributed by atoms with van der Waals surface area (Å²) >= 11 is 0. The molecule has 0 saturated carbocycles. The Bertz CT molecular complexity index is 782. The fourth-order valence-electron chi connectivity index (χ4n) is 3.74. The zero-order chi connectivity index (χ0) is 17.2. The second kappa shape index (κ2) is 6.86. The summed E-state index contributed by atoms with van der Waals surface area (Å²) in [5.74, 6) is 0. The minimum Gasteiger partial charge on any atom is -0.395 e. The molecule has 1 aliphatic heterocycles. The summed E-state index contributed by atoms with van der Waals surface area (Å²) in [6.07, 6.45) is 0.926. The van der Waals surface area contributed by atoms with E-state index in [0.29, 0.717) is 19.6 Å². The SMILES string of the molecule is O=C(Nc1ccc2c(c1)Cc1ccccc1-2)N1CCN(CCO)CC1. The summed E-state index contributed by atoms with van der Waals surface area (Å²) in [7, 11) is 0. The first-order valence-corrected chi connectivity index (χ1v) is 8.85. The molecule has 5 nitrogen and oxygen atoms in total. The summed E-state index contributed by atoms with van der Waals surface area (Å²) in [5, 5.41) is 12.0. The van der Waals surface area contributed by atoms with Crippen molar-refractivity contribution in [2.24, 2.45) is 0 Å². The number of aliphatic hydroxyl groups excluding tert-OH is 1. The van der Waals surface area contributed by atoms with Gasteiger partial charge in [0.05, 0.1) is 6.61 Å². The summed E-state index contributed by atoms with van der Waals surface area (Å²) in [4.78, 5) is 16.5. The van der Waals surface area contributed by atoms with E-state index in [1.54, 1.807) is 0 Å². The van der Waals surface area contributed by atoms with Gasteiger partial charge in [-0.05, 0) is 40.8 Å². The van der Waals surface area contributed by atoms with Gasteiger partial charge in [0.2, 0.25) is 0 Å². The third kappa shape index (κ3) is 3.25. The molecule has 25 heavy (non-hydrogen) atoms. The summed E-state index contributed by atoms with van der Waals surface area (Å²) in [6.45, 7) is 3.87. The number of benzene rings is 2. The van der Waals surface area contributed by atoms with Gasteiger partial charge in [-0.3, -0.25) is 4.90 Å². The highest BCUT2D eigenvalue weighted by molar-refractivity contribution is 5.90. The lowest BCUT2D eigenvalue weighted by Gasteiger charge is -2.34. The number of β-amino-alcohol motifs (C(OH)–C–C–N with tert-alkyl or cyclic N) is 1. The number of aliphatic hydroxyl groups is 1. The molecule has 0 unspecified atom stereocenters. The van der Waals surface area contributed by atoms with Gasteiger partial charge in [0, 0.05) is 38.4 Å². The normalized spacial score (nSPS) is 16.4. The van der Waals surface area contributed by atoms with Crippen LogP contribution in [-0.4, -0.2) is 60.3 Å². The van der Waals surface area contributed by atoms with E-state index in [1.807, 2.05) is 11.0 Å². The Morgan fingerprint density at radius 1 is 1.00 bits per heavy atom. The second-order valence-electron chi connectivity index (χ2n) is 6.69. The number of amides is 2. The maximum absolute atomic E-state index is 12.5. The van der Waals surface area contributed by atoms with Crippen LogP contribution >= 0.6 is 0 Å². The average Bonchev–Trinajstić information content (AvgIpc) is 3.00. The first kappa shape index (κ1) is 16.1. The predicted molar refractivity (Wildman–Crippen MR) is 98.8 cm³/mol. The van der Waals surface area contributed by atoms with Crippen LogP contribution in [0.1, 0.15) is 11.1 Å². The van der Waals surface area contributed by atoms with E-state index in [4.69, 9.17) is 5.11 Å². The number of anilines is 1. The van der Waals surface area contributed by atoms with Crippen molar-refractivity contribution in [3.05, 3.63) is 53.6 Å². The molecule has 0 bridgehead atoms. The van der Waals surface area contributed by atoms with Crippen molar-refractivity contribution in [2.75, 3.05) is 44.6 Å². The van der Waals surface area contributed by atoms with Crippen molar-refractivity contribution in [1.29, 1.82) is 0 Å². The molecular formula is C20H23N3O2. The fraction of sp³-hybridized carbons (Fsp3) is 0.350. The fourth-order valence-corrected chi connectivity index (χ4v) is 3.74. The van der Waals surface area contributed by atoms with E-state index in [2.05, 4.69) is 46.6 Å². The number of nitrogens with one attached hydrogen (secondary N) is 1. The zero-order valence-corrected chi connectivity index (χ0v) is 14.2. The van der Waals surface area contributed by atoms with Crippen molar-refractivity contribution >= 4 is 11.7 Å². The van der Waals surface area contributed by atoms with Crippen LogP contribution in [0.25, 0.3) is 11.1 Å². The Morgan fingerprint density at radius 3 is 2.56 bits per heavy atom. The summed E-state index contributed by atoms with van der Waals surface area (Å²) in [6, 6.07) is 14.6. The number of urea groups is 1. The van der Waals surface area contributed by atoms with Crippen LogP contribution in [-0.2, 0) is 6.42 Å². The number of hydrogen-bond donors (Lipinski definition) is 2. The Morgan fingerprint density at radius 2 is 1.76 bits per heavy atom. The van der Waals surface area contributed by atoms with Crippen LogP contribution in [0.4, 0.5) is 10.5 Å². The topological polar surface area (TPSA) is 55.8 Å². The molecule has 2 aliphatic rings. The van der Waals surface area contributed by atoms with Crippen LogP contribution in [0.15, 0.2) is 42.5 Å². The van der Waals surface area contributed by atoms with Gasteiger partial charge in [0.1, 0.15) is 0 Å². The Balaban J connectivity index is 1.41. The highest BCUT2D eigenvalue weighted by atomic mass is 16.3. The van der Waals surface area contributed by atoms with Gasteiger partial charge < -0.3 is 15.3 Å². The minimum atomic E-state index is -0.0425. The number of carbonyl (C=O) groups is 1. The number of hydrogen-bond acceptors (Lipinski definition) is 3. The minimum absolute atomic E-state index is 0.0425. The average molecular weight is 337 g/mol. The molecule has 1 fully saturated rings. The number of piperazine rings is 1. The molecule has 0 atom stereocenters. The molecule has 2 aromatic carbocycles. The smallest absolute Gasteiger partial charge is 0.321 e. The van der Waals surface area contributed by atoms with Crippen molar-refractivity contribution in [2.45, 2.75) is 6.42 Å². The molecule has 4 rings (SSSR count). The number of nitrogens with zero attached hydrogens (tertiary/aromatic N) is 2. The maximum atomic E-state index is 12.5. The molecule has 1 heterocycles. The monoisotopic (exact) mass is 337 g/mol. The molecule has 0 aromatic heterocycles. The lowest BCUT2D eigenvalue weighted by Crippen LogP contribution is -2.50. The van der Waals surface area contributed by atoms with Gasteiger partial charge in [-0.25, -0.2) is 4.79 Å². The molecule has 1 saturated heterocycles. The van der Waals surface area contributed by atoms with Crippen LogP contribution < -0.4 is 5.32 Å². The van der Waals surface area contributed by atoms with E-state index in [-0.39, 0.29) is 12.6 Å². The first-order valence-electron chi connectivity index (χ1n) is 8.85. The van der Waals surface area contributed by atoms with Crippen molar-refractivity contribution in [3.8, 4) is 11.1 Å². The lowest BCUT2D eigenvalue weighted by molar-refractivity contribution is 0.127. The van der Waals surface area contributed by atoms with E-state index < -0.39 is 0 Å². The lowest BCUT2D eigenvalue weighted by atomic mass is 10.1. The molecule has 2 aromatic rings. The van der Waals surface area contributed by atoms with Gasteiger partial charge in [0.15, 0.2) is 0 Å². The standard InChI is InChI=1S/C20H23N3O2/c24-12-11-22-7-9-23(10-8-22)20(25)21-17-5-6-19-16(14-17)13-15-3-1-2-4-18(15)19/h1-6,14,24H,7-13H2,(H,21,25). The number of carbonyl (C=O) groups excluding carboxylic acids is 1. The zero-order valence-electron chi connectivity index (χ0n) is 14.2. The maximum Gasteiger partial charge on any atom is 0.321 e. The van der Waals surface area contributed by atoms with E-state index in [1.165, 1.54) is 22.3 Å². The van der Waals surface area contributed by atoms with E-state index >= 15 is 0 Å². The Kier molecular flexibility index (Phi) is 4.42. The van der Waals surface area contributed by atoms with Crippen molar-refractivity contribution in [3.63, 3.8) is 0 Å². The van der Waals surface area contributed by atoms with Gasteiger partial charge in [-0.1, -0.05) is 30.3 Å². The highest BCUT2D eigenvalue weighted by Crippen LogP contribution is 2.37. The third-order valence-electron chi connectivity index (χ3n) is 5.12. The summed E-state index contributed by atoms with van der Waals surface area (Å²) in [5.41, 5.74) is 6.05. The molecule has 2 N–H and O–H groups in total. The van der Waals surface area contributed by atoms with Crippen LogP contribution in [0.3, 0.4) is 0 Å². The molecule has 0 spiro atoms. The van der Waals surface area contributed by atoms with E-state index in [9.17, 15) is 4.79 Å². The molecular weight excluding hydrogens is 314 g/mol. The highest BCUT2D eigenvalue weighted by Gasteiger charge is 2.22. The molecule has 130 valence electrons. The van der Waals surface area contributed by atoms with Gasteiger partial charge >= 0.3 is 6.03 Å². The van der Waals surface area contributed by atoms with Gasteiger partial charge in [0.25, 0.3) is 0 Å². The predicted octanol–water partition coefficient (Wildman–Crippen LogP) is 2.40. The van der Waals surface area contributed by atoms with E-state index in [0.717, 1.165) is 25.2 Å². The van der Waals surface area contributed by atoms with Crippen LogP contribution in [0.5, 0.6) is 0 Å². The van der Waals surface area contributed by atoms with Crippen LogP contribution in [0, 0.1) is 0 Å². The largest absolute Gasteiger partial charge is 0.395 e.